The predicted molar refractivity (Wildman–Crippen MR) is 82.2 cm³/mol. The summed E-state index contributed by atoms with van der Waals surface area (Å²) in [4.78, 5) is 12.1. The number of ether oxygens (including phenoxy) is 1. The van der Waals surface area contributed by atoms with E-state index in [0.717, 1.165) is 21.2 Å². The van der Waals surface area contributed by atoms with Gasteiger partial charge in [-0.15, -0.1) is 0 Å². The summed E-state index contributed by atoms with van der Waals surface area (Å²) >= 11 is 3.38. The molecule has 0 saturated heterocycles. The lowest BCUT2D eigenvalue weighted by Gasteiger charge is -2.05. The Balaban J connectivity index is 2.20. The second-order valence-corrected chi connectivity index (χ2v) is 5.19. The molecule has 100 valence electrons. The highest BCUT2D eigenvalue weighted by Gasteiger charge is 2.09. The lowest BCUT2D eigenvalue weighted by molar-refractivity contribution is 0.415. The van der Waals surface area contributed by atoms with Crippen LogP contribution in [0.2, 0.25) is 0 Å². The Bertz CT molecular complexity index is 819. The molecular formula is C16H11BrO3. The summed E-state index contributed by atoms with van der Waals surface area (Å²) in [5.41, 5.74) is 1.56. The van der Waals surface area contributed by atoms with Gasteiger partial charge in [-0.05, 0) is 45.8 Å². The van der Waals surface area contributed by atoms with Gasteiger partial charge in [0.1, 0.15) is 5.75 Å². The molecule has 0 atom stereocenters. The summed E-state index contributed by atoms with van der Waals surface area (Å²) in [7, 11) is 1.61. The molecule has 20 heavy (non-hydrogen) atoms. The van der Waals surface area contributed by atoms with E-state index in [2.05, 4.69) is 15.9 Å². The van der Waals surface area contributed by atoms with Gasteiger partial charge in [0.25, 0.3) is 0 Å². The molecule has 0 aliphatic rings. The molecule has 3 rings (SSSR count). The smallest absolute Gasteiger partial charge is 0.344 e. The van der Waals surface area contributed by atoms with Gasteiger partial charge in [0, 0.05) is 5.39 Å². The Labute approximate surface area is 123 Å². The van der Waals surface area contributed by atoms with Gasteiger partial charge in [0.2, 0.25) is 0 Å². The van der Waals surface area contributed by atoms with Gasteiger partial charge in [-0.2, -0.15) is 0 Å². The third-order valence-corrected chi connectivity index (χ3v) is 3.74. The molecule has 0 saturated carbocycles. The van der Waals surface area contributed by atoms with Gasteiger partial charge >= 0.3 is 5.63 Å². The number of para-hydroxylation sites is 1. The van der Waals surface area contributed by atoms with E-state index in [-0.39, 0.29) is 5.63 Å². The maximum Gasteiger partial charge on any atom is 0.344 e. The Morgan fingerprint density at radius 2 is 1.85 bits per heavy atom. The fraction of sp³-hybridized carbons (Fsp3) is 0.0625. The molecule has 0 bridgehead atoms. The summed E-state index contributed by atoms with van der Waals surface area (Å²) in [6.07, 6.45) is 0. The normalized spacial score (nSPS) is 10.7. The van der Waals surface area contributed by atoms with Gasteiger partial charge < -0.3 is 9.15 Å². The van der Waals surface area contributed by atoms with E-state index in [1.807, 2.05) is 48.5 Å². The summed E-state index contributed by atoms with van der Waals surface area (Å²) < 4.78 is 11.3. The molecule has 0 radical (unpaired) electrons. The summed E-state index contributed by atoms with van der Waals surface area (Å²) in [6, 6.07) is 14.8. The molecule has 3 nitrogen and oxygen atoms in total. The highest BCUT2D eigenvalue weighted by Crippen LogP contribution is 2.27. The van der Waals surface area contributed by atoms with Crippen molar-refractivity contribution in [1.29, 1.82) is 0 Å². The number of fused-ring (bicyclic) bond motifs is 1. The van der Waals surface area contributed by atoms with Crippen molar-refractivity contribution >= 4 is 26.9 Å². The van der Waals surface area contributed by atoms with Gasteiger partial charge in [-0.1, -0.05) is 24.3 Å². The van der Waals surface area contributed by atoms with E-state index in [0.29, 0.717) is 11.1 Å². The average molecular weight is 331 g/mol. The molecule has 4 heteroatoms. The molecule has 0 unspecified atom stereocenters. The first kappa shape index (κ1) is 12.9. The van der Waals surface area contributed by atoms with E-state index in [9.17, 15) is 4.79 Å². The lowest BCUT2D eigenvalue weighted by atomic mass is 10.1. The van der Waals surface area contributed by atoms with Crippen molar-refractivity contribution in [3.05, 3.63) is 63.4 Å². The number of hydrogen-bond donors (Lipinski definition) is 0. The maximum absolute atomic E-state index is 12.1. The maximum atomic E-state index is 12.1. The highest BCUT2D eigenvalue weighted by atomic mass is 79.9. The van der Waals surface area contributed by atoms with E-state index in [4.69, 9.17) is 9.15 Å². The standard InChI is InChI=1S/C16H11BrO3/c1-19-12-7-5-10(6-8-12)13-9-11-3-2-4-14(17)15(11)20-16(13)18/h2-9H,1H3. The van der Waals surface area contributed by atoms with Crippen molar-refractivity contribution in [2.45, 2.75) is 0 Å². The van der Waals surface area contributed by atoms with Crippen LogP contribution in [0.15, 0.2) is 62.2 Å². The minimum Gasteiger partial charge on any atom is -0.497 e. The molecule has 1 aromatic heterocycles. The third-order valence-electron chi connectivity index (χ3n) is 3.11. The predicted octanol–water partition coefficient (Wildman–Crippen LogP) is 4.23. The van der Waals surface area contributed by atoms with Crippen LogP contribution in [0.25, 0.3) is 22.1 Å². The van der Waals surface area contributed by atoms with E-state index < -0.39 is 0 Å². The zero-order valence-corrected chi connectivity index (χ0v) is 12.3. The van der Waals surface area contributed by atoms with E-state index in [1.54, 1.807) is 7.11 Å². The quantitative estimate of drug-likeness (QED) is 0.660. The number of rotatable bonds is 2. The monoisotopic (exact) mass is 330 g/mol. The van der Waals surface area contributed by atoms with Crippen LogP contribution >= 0.6 is 15.9 Å². The van der Waals surface area contributed by atoms with Gasteiger partial charge in [-0.3, -0.25) is 0 Å². The molecular weight excluding hydrogens is 320 g/mol. The first-order chi connectivity index (χ1) is 9.69. The van der Waals surface area contributed by atoms with E-state index in [1.165, 1.54) is 0 Å². The molecule has 2 aromatic carbocycles. The van der Waals surface area contributed by atoms with Crippen molar-refractivity contribution < 1.29 is 9.15 Å². The van der Waals surface area contributed by atoms with Gasteiger partial charge in [0.05, 0.1) is 17.1 Å². The van der Waals surface area contributed by atoms with Crippen LogP contribution in [-0.4, -0.2) is 7.11 Å². The molecule has 0 amide bonds. The Hall–Kier alpha value is -2.07. The van der Waals surface area contributed by atoms with Gasteiger partial charge in [0.15, 0.2) is 5.58 Å². The zero-order chi connectivity index (χ0) is 14.1. The second-order valence-electron chi connectivity index (χ2n) is 4.33. The fourth-order valence-corrected chi connectivity index (χ4v) is 2.54. The third kappa shape index (κ3) is 2.23. The molecule has 1 heterocycles. The zero-order valence-electron chi connectivity index (χ0n) is 10.7. The largest absolute Gasteiger partial charge is 0.497 e. The van der Waals surface area contributed by atoms with Crippen molar-refractivity contribution in [2.75, 3.05) is 7.11 Å². The number of benzene rings is 2. The molecule has 3 aromatic rings. The highest BCUT2D eigenvalue weighted by molar-refractivity contribution is 9.10. The molecule has 0 aliphatic carbocycles. The SMILES string of the molecule is COc1ccc(-c2cc3cccc(Br)c3oc2=O)cc1. The molecule has 0 aliphatic heterocycles. The topological polar surface area (TPSA) is 39.4 Å². The van der Waals surface area contributed by atoms with Crippen LogP contribution in [0.4, 0.5) is 0 Å². The van der Waals surface area contributed by atoms with Crippen molar-refractivity contribution in [2.24, 2.45) is 0 Å². The van der Waals surface area contributed by atoms with Crippen molar-refractivity contribution in [3.8, 4) is 16.9 Å². The minimum absolute atomic E-state index is 0.352. The second kappa shape index (κ2) is 5.13. The van der Waals surface area contributed by atoms with Crippen LogP contribution in [0.3, 0.4) is 0 Å². The summed E-state index contributed by atoms with van der Waals surface area (Å²) in [5, 5.41) is 0.879. The number of methoxy groups -OCH3 is 1. The van der Waals surface area contributed by atoms with E-state index >= 15 is 0 Å². The average Bonchev–Trinajstić information content (AvgIpc) is 2.48. The summed E-state index contributed by atoms with van der Waals surface area (Å²) in [5.74, 6) is 0.752. The first-order valence-electron chi connectivity index (χ1n) is 6.06. The van der Waals surface area contributed by atoms with Crippen LogP contribution in [-0.2, 0) is 0 Å². The Morgan fingerprint density at radius 1 is 1.10 bits per heavy atom. The number of halogens is 1. The lowest BCUT2D eigenvalue weighted by Crippen LogP contribution is -2.02. The molecule has 0 fully saturated rings. The van der Waals surface area contributed by atoms with Gasteiger partial charge in [-0.25, -0.2) is 4.79 Å². The Morgan fingerprint density at radius 3 is 2.55 bits per heavy atom. The van der Waals surface area contributed by atoms with Crippen LogP contribution in [0.1, 0.15) is 0 Å². The van der Waals surface area contributed by atoms with Crippen LogP contribution in [0, 0.1) is 0 Å². The summed E-state index contributed by atoms with van der Waals surface area (Å²) in [6.45, 7) is 0. The number of hydrogen-bond acceptors (Lipinski definition) is 3. The minimum atomic E-state index is -0.352. The fourth-order valence-electron chi connectivity index (χ4n) is 2.08. The van der Waals surface area contributed by atoms with Crippen LogP contribution < -0.4 is 10.4 Å². The van der Waals surface area contributed by atoms with Crippen molar-refractivity contribution in [3.63, 3.8) is 0 Å². The molecule has 0 spiro atoms. The first-order valence-corrected chi connectivity index (χ1v) is 6.85. The Kier molecular flexibility index (Phi) is 3.32. The van der Waals surface area contributed by atoms with Crippen LogP contribution in [0.5, 0.6) is 5.75 Å². The van der Waals surface area contributed by atoms with Crippen molar-refractivity contribution in [1.82, 2.24) is 0 Å². The molecule has 0 N–H and O–H groups in total.